The standard InChI is InChI=1S/C19H19N3O3S/c23-18(22-25-12-11-24-17-6-2-1-3-7-17)9-8-16-14-26-19(21-16)15-5-4-10-20-13-15/h1-7,10,13-14H,8-9,11-12H2,(H,22,23). The highest BCUT2D eigenvalue weighted by molar-refractivity contribution is 7.13. The van der Waals surface area contributed by atoms with Gasteiger partial charge in [-0.1, -0.05) is 18.2 Å². The molecule has 0 bridgehead atoms. The number of nitrogens with zero attached hydrogens (tertiary/aromatic N) is 2. The Kier molecular flexibility index (Phi) is 6.69. The number of rotatable bonds is 9. The van der Waals surface area contributed by atoms with Crippen LogP contribution in [0.3, 0.4) is 0 Å². The number of hydroxylamine groups is 1. The minimum Gasteiger partial charge on any atom is -0.491 e. The van der Waals surface area contributed by atoms with Gasteiger partial charge in [-0.2, -0.15) is 0 Å². The number of carbonyl (C=O) groups excluding carboxylic acids is 1. The van der Waals surface area contributed by atoms with Crippen molar-refractivity contribution in [1.82, 2.24) is 15.4 Å². The number of hydrogen-bond acceptors (Lipinski definition) is 6. The van der Waals surface area contributed by atoms with Crippen molar-refractivity contribution in [1.29, 1.82) is 0 Å². The maximum Gasteiger partial charge on any atom is 0.243 e. The molecule has 1 aromatic carbocycles. The molecule has 3 aromatic rings. The summed E-state index contributed by atoms with van der Waals surface area (Å²) in [4.78, 5) is 25.6. The molecule has 0 saturated carbocycles. The molecule has 0 fully saturated rings. The second-order valence-electron chi connectivity index (χ2n) is 5.42. The zero-order valence-corrected chi connectivity index (χ0v) is 14.9. The Labute approximate surface area is 155 Å². The highest BCUT2D eigenvalue weighted by Gasteiger charge is 2.07. The monoisotopic (exact) mass is 369 g/mol. The van der Waals surface area contributed by atoms with Gasteiger partial charge in [0.1, 0.15) is 24.0 Å². The van der Waals surface area contributed by atoms with Gasteiger partial charge in [0.05, 0.1) is 5.69 Å². The van der Waals surface area contributed by atoms with Crippen molar-refractivity contribution in [3.8, 4) is 16.3 Å². The summed E-state index contributed by atoms with van der Waals surface area (Å²) in [6.45, 7) is 0.646. The summed E-state index contributed by atoms with van der Waals surface area (Å²) in [6, 6.07) is 13.3. The van der Waals surface area contributed by atoms with Gasteiger partial charge in [0.15, 0.2) is 0 Å². The van der Waals surface area contributed by atoms with Gasteiger partial charge in [0.25, 0.3) is 0 Å². The molecule has 0 aliphatic heterocycles. The summed E-state index contributed by atoms with van der Waals surface area (Å²) < 4.78 is 5.47. The quantitative estimate of drug-likeness (QED) is 0.463. The lowest BCUT2D eigenvalue weighted by atomic mass is 10.2. The molecule has 26 heavy (non-hydrogen) atoms. The predicted octanol–water partition coefficient (Wildman–Crippen LogP) is 3.26. The average molecular weight is 369 g/mol. The lowest BCUT2D eigenvalue weighted by Gasteiger charge is -2.07. The zero-order valence-electron chi connectivity index (χ0n) is 14.1. The molecule has 7 heteroatoms. The molecule has 2 heterocycles. The molecule has 134 valence electrons. The number of aryl methyl sites for hydroxylation is 1. The lowest BCUT2D eigenvalue weighted by molar-refractivity contribution is -0.134. The molecule has 0 spiro atoms. The predicted molar refractivity (Wildman–Crippen MR) is 99.7 cm³/mol. The minimum absolute atomic E-state index is 0.180. The number of thiazole rings is 1. The summed E-state index contributed by atoms with van der Waals surface area (Å²) in [5.41, 5.74) is 4.29. The highest BCUT2D eigenvalue weighted by atomic mass is 32.1. The molecule has 0 unspecified atom stereocenters. The number of para-hydroxylation sites is 1. The van der Waals surface area contributed by atoms with Crippen molar-refractivity contribution in [2.24, 2.45) is 0 Å². The molecule has 2 aromatic heterocycles. The number of hydrogen-bond donors (Lipinski definition) is 1. The van der Waals surface area contributed by atoms with Crippen molar-refractivity contribution < 1.29 is 14.4 Å². The molecular weight excluding hydrogens is 350 g/mol. The number of amides is 1. The smallest absolute Gasteiger partial charge is 0.243 e. The topological polar surface area (TPSA) is 73.3 Å². The van der Waals surface area contributed by atoms with Crippen LogP contribution < -0.4 is 10.2 Å². The van der Waals surface area contributed by atoms with Crippen LogP contribution in [-0.2, 0) is 16.1 Å². The average Bonchev–Trinajstić information content (AvgIpc) is 3.17. The molecule has 6 nitrogen and oxygen atoms in total. The maximum atomic E-state index is 11.8. The van der Waals surface area contributed by atoms with Gasteiger partial charge in [-0.05, 0) is 30.7 Å². The first-order chi connectivity index (χ1) is 12.8. The van der Waals surface area contributed by atoms with Gasteiger partial charge in [-0.15, -0.1) is 11.3 Å². The first-order valence-corrected chi connectivity index (χ1v) is 9.12. The summed E-state index contributed by atoms with van der Waals surface area (Å²) >= 11 is 1.55. The Balaban J connectivity index is 1.32. The van der Waals surface area contributed by atoms with E-state index in [1.54, 1.807) is 23.7 Å². The van der Waals surface area contributed by atoms with E-state index in [0.29, 0.717) is 19.4 Å². The Hall–Kier alpha value is -2.77. The van der Waals surface area contributed by atoms with Gasteiger partial charge in [0.2, 0.25) is 5.91 Å². The van der Waals surface area contributed by atoms with E-state index in [2.05, 4.69) is 15.4 Å². The molecule has 3 rings (SSSR count). The first-order valence-electron chi connectivity index (χ1n) is 8.24. The van der Waals surface area contributed by atoms with Crippen molar-refractivity contribution >= 4 is 17.2 Å². The van der Waals surface area contributed by atoms with E-state index >= 15 is 0 Å². The van der Waals surface area contributed by atoms with Crippen LogP contribution in [0.4, 0.5) is 0 Å². The van der Waals surface area contributed by atoms with E-state index < -0.39 is 0 Å². The summed E-state index contributed by atoms with van der Waals surface area (Å²) in [5, 5.41) is 2.87. The van der Waals surface area contributed by atoms with Crippen LogP contribution in [0, 0.1) is 0 Å². The van der Waals surface area contributed by atoms with Crippen molar-refractivity contribution in [3.63, 3.8) is 0 Å². The Morgan fingerprint density at radius 2 is 2.00 bits per heavy atom. The largest absolute Gasteiger partial charge is 0.491 e. The molecule has 0 saturated heterocycles. The van der Waals surface area contributed by atoms with Crippen molar-refractivity contribution in [2.45, 2.75) is 12.8 Å². The van der Waals surface area contributed by atoms with Crippen LogP contribution in [0.2, 0.25) is 0 Å². The number of pyridine rings is 1. The van der Waals surface area contributed by atoms with Gasteiger partial charge in [-0.3, -0.25) is 14.6 Å². The fourth-order valence-corrected chi connectivity index (χ4v) is 3.03. The molecule has 0 radical (unpaired) electrons. The normalized spacial score (nSPS) is 10.5. The number of aromatic nitrogens is 2. The highest BCUT2D eigenvalue weighted by Crippen LogP contribution is 2.23. The van der Waals surface area contributed by atoms with Crippen LogP contribution in [0.15, 0.2) is 60.2 Å². The summed E-state index contributed by atoms with van der Waals surface area (Å²) in [6.07, 6.45) is 4.39. The Morgan fingerprint density at radius 3 is 2.81 bits per heavy atom. The molecule has 0 atom stereocenters. The number of carbonyl (C=O) groups is 1. The second-order valence-corrected chi connectivity index (χ2v) is 6.28. The van der Waals surface area contributed by atoms with Crippen molar-refractivity contribution in [2.75, 3.05) is 13.2 Å². The minimum atomic E-state index is -0.180. The van der Waals surface area contributed by atoms with Gasteiger partial charge in [-0.25, -0.2) is 10.5 Å². The lowest BCUT2D eigenvalue weighted by Crippen LogP contribution is -2.26. The zero-order chi connectivity index (χ0) is 18.0. The van der Waals surface area contributed by atoms with Crippen LogP contribution in [0.5, 0.6) is 5.75 Å². The third kappa shape index (κ3) is 5.65. The SMILES string of the molecule is O=C(CCc1csc(-c2cccnc2)n1)NOCCOc1ccccc1. The van der Waals surface area contributed by atoms with Crippen LogP contribution in [0.1, 0.15) is 12.1 Å². The van der Waals surface area contributed by atoms with E-state index in [1.165, 1.54) is 0 Å². The fourth-order valence-electron chi connectivity index (χ4n) is 2.19. The molecule has 1 N–H and O–H groups in total. The van der Waals surface area contributed by atoms with Crippen LogP contribution >= 0.6 is 11.3 Å². The van der Waals surface area contributed by atoms with Gasteiger partial charge >= 0.3 is 0 Å². The van der Waals surface area contributed by atoms with Crippen LogP contribution in [0.25, 0.3) is 10.6 Å². The molecular formula is C19H19N3O3S. The molecule has 0 aliphatic rings. The molecule has 1 amide bonds. The molecule has 0 aliphatic carbocycles. The van der Waals surface area contributed by atoms with Crippen molar-refractivity contribution in [3.05, 3.63) is 65.9 Å². The summed E-state index contributed by atoms with van der Waals surface area (Å²) in [7, 11) is 0. The number of ether oxygens (including phenoxy) is 1. The summed E-state index contributed by atoms with van der Waals surface area (Å²) in [5.74, 6) is 0.594. The van der Waals surface area contributed by atoms with E-state index in [9.17, 15) is 4.79 Å². The van der Waals surface area contributed by atoms with Gasteiger partial charge < -0.3 is 4.74 Å². The van der Waals surface area contributed by atoms with E-state index in [1.807, 2.05) is 47.8 Å². The fraction of sp³-hybridized carbons (Fsp3) is 0.211. The number of nitrogens with one attached hydrogen (secondary N) is 1. The Bertz CT molecular complexity index is 809. The second kappa shape index (κ2) is 9.65. The maximum absolute atomic E-state index is 11.8. The number of benzene rings is 1. The third-order valence-electron chi connectivity index (χ3n) is 3.45. The Morgan fingerprint density at radius 1 is 1.12 bits per heavy atom. The van der Waals surface area contributed by atoms with E-state index in [0.717, 1.165) is 22.0 Å². The van der Waals surface area contributed by atoms with E-state index in [4.69, 9.17) is 9.57 Å². The first kappa shape index (κ1) is 18.0. The third-order valence-corrected chi connectivity index (χ3v) is 4.39. The van der Waals surface area contributed by atoms with Crippen LogP contribution in [-0.4, -0.2) is 29.1 Å². The van der Waals surface area contributed by atoms with E-state index in [-0.39, 0.29) is 12.5 Å². The van der Waals surface area contributed by atoms with Gasteiger partial charge in [0, 0.05) is 29.8 Å².